The first-order valence-electron chi connectivity index (χ1n) is 12.5. The van der Waals surface area contributed by atoms with E-state index in [9.17, 15) is 4.79 Å². The molecule has 2 fully saturated rings. The number of nitrogens with zero attached hydrogens (tertiary/aromatic N) is 1. The van der Waals surface area contributed by atoms with Crippen molar-refractivity contribution < 1.29 is 38.4 Å². The predicted octanol–water partition coefficient (Wildman–Crippen LogP) is 4.25. The van der Waals surface area contributed by atoms with Gasteiger partial charge in [0.05, 0.1) is 32.8 Å². The van der Waals surface area contributed by atoms with Crippen LogP contribution in [0.2, 0.25) is 0 Å². The van der Waals surface area contributed by atoms with Crippen LogP contribution < -0.4 is 4.74 Å². The van der Waals surface area contributed by atoms with Crippen LogP contribution in [-0.2, 0) is 35.0 Å². The van der Waals surface area contributed by atoms with Crippen molar-refractivity contribution in [3.8, 4) is 5.75 Å². The first-order chi connectivity index (χ1) is 18.7. The highest BCUT2D eigenvalue weighted by molar-refractivity contribution is 6.12. The molecule has 0 atom stereocenters. The number of carbonyl (C=O) groups is 1. The van der Waals surface area contributed by atoms with Crippen molar-refractivity contribution in [2.45, 2.75) is 19.0 Å². The summed E-state index contributed by atoms with van der Waals surface area (Å²) in [5.41, 5.74) is 4.78. The van der Waals surface area contributed by atoms with Gasteiger partial charge in [-0.2, -0.15) is 0 Å². The molecule has 2 heterocycles. The summed E-state index contributed by atoms with van der Waals surface area (Å²) < 4.78 is 28.4. The molecule has 2 aliphatic heterocycles. The Labute approximate surface area is 220 Å². The van der Waals surface area contributed by atoms with E-state index in [0.717, 1.165) is 22.3 Å². The maximum absolute atomic E-state index is 11.0. The van der Waals surface area contributed by atoms with Crippen LogP contribution in [0.15, 0.2) is 78.0 Å². The molecular weight excluding hydrogens is 490 g/mol. The minimum atomic E-state index is -0.891. The number of hydrogen-bond acceptors (Lipinski definition) is 8. The fourth-order valence-electron chi connectivity index (χ4n) is 4.27. The molecule has 0 saturated carbocycles. The molecule has 38 heavy (non-hydrogen) atoms. The van der Waals surface area contributed by atoms with Crippen molar-refractivity contribution in [2.24, 2.45) is 5.16 Å². The summed E-state index contributed by atoms with van der Waals surface area (Å²) in [6.07, 6.45) is -0.879. The average molecular weight is 520 g/mol. The van der Waals surface area contributed by atoms with E-state index in [1.165, 1.54) is 0 Å². The second-order valence-corrected chi connectivity index (χ2v) is 8.74. The van der Waals surface area contributed by atoms with Crippen molar-refractivity contribution in [3.05, 3.63) is 101 Å². The third-order valence-electron chi connectivity index (χ3n) is 5.96. The van der Waals surface area contributed by atoms with Crippen molar-refractivity contribution in [1.29, 1.82) is 0 Å². The highest BCUT2D eigenvalue weighted by atomic mass is 16.7. The van der Waals surface area contributed by atoms with Crippen LogP contribution in [0.3, 0.4) is 0 Å². The highest BCUT2D eigenvalue weighted by Gasteiger charge is 2.22. The highest BCUT2D eigenvalue weighted by Crippen LogP contribution is 2.27. The van der Waals surface area contributed by atoms with E-state index in [1.807, 2.05) is 48.5 Å². The second-order valence-electron chi connectivity index (χ2n) is 8.74. The van der Waals surface area contributed by atoms with Crippen molar-refractivity contribution >= 4 is 11.7 Å². The number of rotatable bonds is 11. The lowest BCUT2D eigenvalue weighted by Gasteiger charge is -2.14. The number of benzene rings is 3. The lowest BCUT2D eigenvalue weighted by molar-refractivity contribution is -0.136. The summed E-state index contributed by atoms with van der Waals surface area (Å²) in [7, 11) is 0. The summed E-state index contributed by atoms with van der Waals surface area (Å²) in [6, 6.07) is 22.7. The van der Waals surface area contributed by atoms with E-state index in [1.54, 1.807) is 24.3 Å². The second kappa shape index (κ2) is 12.7. The molecular formula is C29H29NO8. The third-order valence-corrected chi connectivity index (χ3v) is 5.96. The molecule has 2 saturated heterocycles. The molecule has 3 aromatic carbocycles. The van der Waals surface area contributed by atoms with Crippen LogP contribution >= 0.6 is 0 Å². The van der Waals surface area contributed by atoms with Gasteiger partial charge in [0.15, 0.2) is 19.2 Å². The molecule has 0 amide bonds. The van der Waals surface area contributed by atoms with Crippen LogP contribution in [0.5, 0.6) is 5.75 Å². The standard InChI is InChI=1S/C29H29NO8/c31-26(32)17-20-4-1-9-25(16-20)33-14-15-38-30-27(21-5-2-7-23(18-21)28-34-10-11-35-28)22-6-3-8-24(19-22)29-36-12-13-37-29/h1-9,16,18-19,28-29H,10-15,17H2,(H,31,32). The fourth-order valence-corrected chi connectivity index (χ4v) is 4.27. The summed E-state index contributed by atoms with van der Waals surface area (Å²) >= 11 is 0. The number of hydrogen-bond donors (Lipinski definition) is 1. The summed E-state index contributed by atoms with van der Waals surface area (Å²) in [5, 5.41) is 13.5. The molecule has 9 nitrogen and oxygen atoms in total. The van der Waals surface area contributed by atoms with Crippen LogP contribution in [-0.4, -0.2) is 56.4 Å². The van der Waals surface area contributed by atoms with Crippen LogP contribution in [0, 0.1) is 0 Å². The minimum Gasteiger partial charge on any atom is -0.490 e. The summed E-state index contributed by atoms with van der Waals surface area (Å²) in [4.78, 5) is 16.7. The number of oxime groups is 1. The number of aliphatic carboxylic acids is 1. The van der Waals surface area contributed by atoms with Gasteiger partial charge in [-0.15, -0.1) is 0 Å². The van der Waals surface area contributed by atoms with Crippen molar-refractivity contribution in [1.82, 2.24) is 0 Å². The van der Waals surface area contributed by atoms with Crippen molar-refractivity contribution in [2.75, 3.05) is 39.6 Å². The zero-order valence-corrected chi connectivity index (χ0v) is 20.8. The average Bonchev–Trinajstić information content (AvgIpc) is 3.66. The Morgan fingerprint density at radius 2 is 1.37 bits per heavy atom. The van der Waals surface area contributed by atoms with Crippen LogP contribution in [0.1, 0.15) is 40.4 Å². The Hall–Kier alpha value is -3.76. The third kappa shape index (κ3) is 6.76. The van der Waals surface area contributed by atoms with Gasteiger partial charge in [0.25, 0.3) is 0 Å². The number of carboxylic acid groups (broad SMARTS) is 1. The molecule has 0 radical (unpaired) electrons. The number of carboxylic acids is 1. The summed E-state index contributed by atoms with van der Waals surface area (Å²) in [6.45, 7) is 2.66. The Morgan fingerprint density at radius 1 is 0.789 bits per heavy atom. The molecule has 198 valence electrons. The zero-order chi connectivity index (χ0) is 26.2. The quantitative estimate of drug-likeness (QED) is 0.228. The lowest BCUT2D eigenvalue weighted by atomic mass is 9.98. The number of ether oxygens (including phenoxy) is 5. The first-order valence-corrected chi connectivity index (χ1v) is 12.5. The largest absolute Gasteiger partial charge is 0.490 e. The molecule has 0 aliphatic carbocycles. The van der Waals surface area contributed by atoms with E-state index in [-0.39, 0.29) is 19.6 Å². The van der Waals surface area contributed by atoms with E-state index < -0.39 is 18.5 Å². The Morgan fingerprint density at radius 3 is 1.95 bits per heavy atom. The SMILES string of the molecule is O=C(O)Cc1cccc(OCCON=C(c2cccc(C3OCCO3)c2)c2cccc(C3OCCO3)c2)c1. The van der Waals surface area contributed by atoms with E-state index in [0.29, 0.717) is 43.5 Å². The van der Waals surface area contributed by atoms with Crippen LogP contribution in [0.25, 0.3) is 0 Å². The van der Waals surface area contributed by atoms with Gasteiger partial charge in [-0.1, -0.05) is 53.7 Å². The molecule has 5 rings (SSSR count). The normalized spacial score (nSPS) is 15.9. The van der Waals surface area contributed by atoms with E-state index in [4.69, 9.17) is 33.6 Å². The summed E-state index contributed by atoms with van der Waals surface area (Å²) in [5.74, 6) is -0.317. The van der Waals surface area contributed by atoms with Gasteiger partial charge in [0, 0.05) is 22.3 Å². The van der Waals surface area contributed by atoms with Gasteiger partial charge in [-0.3, -0.25) is 4.79 Å². The van der Waals surface area contributed by atoms with Gasteiger partial charge in [-0.25, -0.2) is 0 Å². The Balaban J connectivity index is 1.32. The van der Waals surface area contributed by atoms with Crippen LogP contribution in [0.4, 0.5) is 0 Å². The molecule has 1 N–H and O–H groups in total. The monoisotopic (exact) mass is 519 g/mol. The van der Waals surface area contributed by atoms with Gasteiger partial charge < -0.3 is 33.6 Å². The Bertz CT molecular complexity index is 1200. The minimum absolute atomic E-state index is 0.0621. The molecule has 0 unspecified atom stereocenters. The first kappa shape index (κ1) is 25.9. The van der Waals surface area contributed by atoms with Crippen molar-refractivity contribution in [3.63, 3.8) is 0 Å². The van der Waals surface area contributed by atoms with Gasteiger partial charge in [0.1, 0.15) is 18.1 Å². The molecule has 2 aliphatic rings. The maximum atomic E-state index is 11.0. The molecule has 0 aromatic heterocycles. The predicted molar refractivity (Wildman–Crippen MR) is 137 cm³/mol. The maximum Gasteiger partial charge on any atom is 0.307 e. The lowest BCUT2D eigenvalue weighted by Crippen LogP contribution is -2.10. The van der Waals surface area contributed by atoms with E-state index in [2.05, 4.69) is 5.16 Å². The van der Waals surface area contributed by atoms with Gasteiger partial charge in [0.2, 0.25) is 0 Å². The fraction of sp³-hybridized carbons (Fsp3) is 0.310. The smallest absolute Gasteiger partial charge is 0.307 e. The molecule has 0 bridgehead atoms. The topological polar surface area (TPSA) is 105 Å². The van der Waals surface area contributed by atoms with Gasteiger partial charge >= 0.3 is 5.97 Å². The Kier molecular flexibility index (Phi) is 8.62. The zero-order valence-electron chi connectivity index (χ0n) is 20.8. The van der Waals surface area contributed by atoms with E-state index >= 15 is 0 Å². The molecule has 0 spiro atoms. The van der Waals surface area contributed by atoms with Gasteiger partial charge in [-0.05, 0) is 29.8 Å². The molecule has 9 heteroatoms. The molecule has 3 aromatic rings.